The van der Waals surface area contributed by atoms with Gasteiger partial charge in [0.2, 0.25) is 0 Å². The number of imidazole rings is 1. The van der Waals surface area contributed by atoms with Gasteiger partial charge in [-0.1, -0.05) is 6.92 Å². The molecular formula is C20H20N4O5S. The average Bonchev–Trinajstić information content (AvgIpc) is 3.35. The second-order valence-corrected chi connectivity index (χ2v) is 7.52. The van der Waals surface area contributed by atoms with E-state index in [2.05, 4.69) is 10.3 Å². The number of benzene rings is 1. The van der Waals surface area contributed by atoms with Crippen LogP contribution >= 0.6 is 11.3 Å². The average molecular weight is 428 g/mol. The Morgan fingerprint density at radius 1 is 1.33 bits per heavy atom. The summed E-state index contributed by atoms with van der Waals surface area (Å²) in [6.45, 7) is 5.71. The van der Waals surface area contributed by atoms with Crippen LogP contribution in [0.25, 0.3) is 5.69 Å². The molecule has 0 saturated heterocycles. The summed E-state index contributed by atoms with van der Waals surface area (Å²) in [4.78, 5) is 41.0. The highest BCUT2D eigenvalue weighted by Gasteiger charge is 2.25. The first-order valence-corrected chi connectivity index (χ1v) is 10.1. The van der Waals surface area contributed by atoms with Crippen LogP contribution in [0.4, 0.5) is 10.7 Å². The number of nitrogens with one attached hydrogen (secondary N) is 1. The molecular weight excluding hydrogens is 408 g/mol. The lowest BCUT2D eigenvalue weighted by molar-refractivity contribution is -0.384. The molecule has 0 aliphatic carbocycles. The molecule has 0 unspecified atom stereocenters. The summed E-state index contributed by atoms with van der Waals surface area (Å²) >= 11 is 1.28. The Morgan fingerprint density at radius 2 is 2.10 bits per heavy atom. The molecule has 10 heteroatoms. The number of carbonyl (C=O) groups is 2. The van der Waals surface area contributed by atoms with Crippen LogP contribution in [0.1, 0.15) is 45.0 Å². The summed E-state index contributed by atoms with van der Waals surface area (Å²) in [6, 6.07) is 4.18. The predicted octanol–water partition coefficient (Wildman–Crippen LogP) is 4.14. The summed E-state index contributed by atoms with van der Waals surface area (Å²) in [5.74, 6) is -1.06. The summed E-state index contributed by atoms with van der Waals surface area (Å²) in [5, 5.41) is 14.6. The van der Waals surface area contributed by atoms with E-state index in [1.54, 1.807) is 13.1 Å². The first-order valence-electron chi connectivity index (χ1n) is 9.24. The van der Waals surface area contributed by atoms with Crippen molar-refractivity contribution in [1.29, 1.82) is 0 Å². The number of amides is 1. The molecule has 1 aromatic carbocycles. The van der Waals surface area contributed by atoms with Gasteiger partial charge >= 0.3 is 5.97 Å². The van der Waals surface area contributed by atoms with Crippen LogP contribution in [0.15, 0.2) is 36.9 Å². The van der Waals surface area contributed by atoms with Gasteiger partial charge in [0.1, 0.15) is 10.7 Å². The maximum atomic E-state index is 12.8. The molecule has 0 fully saturated rings. The van der Waals surface area contributed by atoms with Gasteiger partial charge in [0.15, 0.2) is 0 Å². The van der Waals surface area contributed by atoms with E-state index in [4.69, 9.17) is 4.74 Å². The van der Waals surface area contributed by atoms with Gasteiger partial charge in [-0.05, 0) is 38.0 Å². The SMILES string of the molecule is CCOC(=O)c1c(NC(=O)c2ccc(-n3ccnc3)c([N+](=O)[O-])c2)sc(C)c1CC. The van der Waals surface area contributed by atoms with Gasteiger partial charge in [0.05, 0.1) is 23.4 Å². The maximum absolute atomic E-state index is 12.8. The second kappa shape index (κ2) is 8.87. The standard InChI is InChI=1S/C20H20N4O5S/c1-4-14-12(3)30-19(17(14)20(26)29-5-2)22-18(25)13-6-7-15(16(10-13)24(27)28)23-9-8-21-11-23/h6-11H,4-5H2,1-3H3,(H,22,25). The predicted molar refractivity (Wildman–Crippen MR) is 113 cm³/mol. The number of nitro groups is 1. The number of anilines is 1. The summed E-state index contributed by atoms with van der Waals surface area (Å²) in [6.07, 6.45) is 5.13. The smallest absolute Gasteiger partial charge is 0.341 e. The Labute approximate surface area is 176 Å². The molecule has 0 aliphatic rings. The fourth-order valence-corrected chi connectivity index (χ4v) is 4.25. The molecule has 0 spiro atoms. The van der Waals surface area contributed by atoms with Gasteiger partial charge in [-0.2, -0.15) is 0 Å². The minimum Gasteiger partial charge on any atom is -0.462 e. The first-order chi connectivity index (χ1) is 14.4. The third-order valence-corrected chi connectivity index (χ3v) is 5.55. The molecule has 156 valence electrons. The van der Waals surface area contributed by atoms with Crippen LogP contribution < -0.4 is 5.32 Å². The lowest BCUT2D eigenvalue weighted by atomic mass is 10.1. The van der Waals surface area contributed by atoms with Gasteiger partial charge in [-0.3, -0.25) is 14.9 Å². The quantitative estimate of drug-likeness (QED) is 0.343. The number of aryl methyl sites for hydroxylation is 1. The van der Waals surface area contributed by atoms with E-state index in [9.17, 15) is 19.7 Å². The van der Waals surface area contributed by atoms with Crippen molar-refractivity contribution in [3.63, 3.8) is 0 Å². The molecule has 3 aromatic rings. The van der Waals surface area contributed by atoms with Crippen molar-refractivity contribution in [3.8, 4) is 5.69 Å². The van der Waals surface area contributed by atoms with Crippen molar-refractivity contribution in [2.75, 3.05) is 11.9 Å². The minimum absolute atomic E-state index is 0.101. The number of ether oxygens (including phenoxy) is 1. The molecule has 2 heterocycles. The van der Waals surface area contributed by atoms with Gasteiger partial charge in [0, 0.05) is 28.9 Å². The van der Waals surface area contributed by atoms with Crippen molar-refractivity contribution < 1.29 is 19.2 Å². The molecule has 1 amide bonds. The van der Waals surface area contributed by atoms with Crippen LogP contribution in [0.5, 0.6) is 0 Å². The van der Waals surface area contributed by atoms with Crippen molar-refractivity contribution in [2.24, 2.45) is 0 Å². The number of nitro benzene ring substituents is 1. The number of carbonyl (C=O) groups excluding carboxylic acids is 2. The number of nitrogens with zero attached hydrogens (tertiary/aromatic N) is 3. The van der Waals surface area contributed by atoms with Crippen molar-refractivity contribution in [3.05, 3.63) is 68.6 Å². The lowest BCUT2D eigenvalue weighted by Crippen LogP contribution is -2.15. The Hall–Kier alpha value is -3.53. The normalized spacial score (nSPS) is 10.6. The van der Waals surface area contributed by atoms with E-state index in [-0.39, 0.29) is 17.9 Å². The second-order valence-electron chi connectivity index (χ2n) is 6.30. The summed E-state index contributed by atoms with van der Waals surface area (Å²) < 4.78 is 6.63. The molecule has 1 N–H and O–H groups in total. The minimum atomic E-state index is -0.555. The molecule has 9 nitrogen and oxygen atoms in total. The zero-order valence-corrected chi connectivity index (χ0v) is 17.5. The molecule has 3 rings (SSSR count). The third-order valence-electron chi connectivity index (χ3n) is 4.49. The third kappa shape index (κ3) is 4.08. The number of hydrogen-bond donors (Lipinski definition) is 1. The Kier molecular flexibility index (Phi) is 6.26. The molecule has 0 saturated carbocycles. The molecule has 0 bridgehead atoms. The van der Waals surface area contributed by atoms with Crippen LogP contribution in [0.2, 0.25) is 0 Å². The highest BCUT2D eigenvalue weighted by Crippen LogP contribution is 2.34. The molecule has 0 atom stereocenters. The van der Waals surface area contributed by atoms with Crippen LogP contribution in [0, 0.1) is 17.0 Å². The maximum Gasteiger partial charge on any atom is 0.341 e. The summed E-state index contributed by atoms with van der Waals surface area (Å²) in [7, 11) is 0. The van der Waals surface area contributed by atoms with E-state index in [1.165, 1.54) is 46.6 Å². The molecule has 0 aliphatic heterocycles. The van der Waals surface area contributed by atoms with Gasteiger partial charge in [0.25, 0.3) is 11.6 Å². The molecule has 30 heavy (non-hydrogen) atoms. The van der Waals surface area contributed by atoms with Crippen LogP contribution in [-0.2, 0) is 11.2 Å². The van der Waals surface area contributed by atoms with Crippen molar-refractivity contribution in [1.82, 2.24) is 9.55 Å². The largest absolute Gasteiger partial charge is 0.462 e. The molecule has 0 radical (unpaired) electrons. The van der Waals surface area contributed by atoms with Crippen molar-refractivity contribution in [2.45, 2.75) is 27.2 Å². The fraction of sp³-hybridized carbons (Fsp3) is 0.250. The highest BCUT2D eigenvalue weighted by molar-refractivity contribution is 7.16. The Morgan fingerprint density at radius 3 is 2.70 bits per heavy atom. The van der Waals surface area contributed by atoms with E-state index < -0.39 is 16.8 Å². The van der Waals surface area contributed by atoms with E-state index in [0.29, 0.717) is 22.7 Å². The van der Waals surface area contributed by atoms with E-state index in [1.807, 2.05) is 13.8 Å². The topological polar surface area (TPSA) is 116 Å². The Bertz CT molecular complexity index is 1100. The Balaban J connectivity index is 1.96. The zero-order chi connectivity index (χ0) is 21.8. The van der Waals surface area contributed by atoms with E-state index >= 15 is 0 Å². The fourth-order valence-electron chi connectivity index (χ4n) is 3.12. The number of rotatable bonds is 7. The van der Waals surface area contributed by atoms with Crippen LogP contribution in [-0.4, -0.2) is 33.0 Å². The number of aromatic nitrogens is 2. The summed E-state index contributed by atoms with van der Waals surface area (Å²) in [5.41, 5.74) is 1.31. The lowest BCUT2D eigenvalue weighted by Gasteiger charge is -2.09. The number of thiophene rings is 1. The number of esters is 1. The monoisotopic (exact) mass is 428 g/mol. The molecule has 2 aromatic heterocycles. The first kappa shape index (κ1) is 21.2. The zero-order valence-electron chi connectivity index (χ0n) is 16.7. The van der Waals surface area contributed by atoms with Gasteiger partial charge < -0.3 is 14.6 Å². The highest BCUT2D eigenvalue weighted by atomic mass is 32.1. The number of hydrogen-bond acceptors (Lipinski definition) is 7. The van der Waals surface area contributed by atoms with E-state index in [0.717, 1.165) is 10.4 Å². The van der Waals surface area contributed by atoms with Gasteiger partial charge in [-0.25, -0.2) is 9.78 Å². The van der Waals surface area contributed by atoms with Crippen molar-refractivity contribution >= 4 is 33.9 Å². The van der Waals surface area contributed by atoms with Gasteiger partial charge in [-0.15, -0.1) is 11.3 Å². The van der Waals surface area contributed by atoms with Crippen LogP contribution in [0.3, 0.4) is 0 Å².